The zero-order chi connectivity index (χ0) is 14.5. The lowest BCUT2D eigenvalue weighted by molar-refractivity contribution is 0.0531. The molecule has 2 aromatic rings. The summed E-state index contributed by atoms with van der Waals surface area (Å²) in [5, 5.41) is 11.1. The predicted octanol–water partition coefficient (Wildman–Crippen LogP) is 2.84. The molecule has 8 heteroatoms. The smallest absolute Gasteiger partial charge is 0.305 e. The number of hydrogen-bond donors (Lipinski definition) is 1. The number of aromatic nitrogens is 4. The molecule has 1 N–H and O–H groups in total. The van der Waals surface area contributed by atoms with Crippen LogP contribution in [0.3, 0.4) is 0 Å². The fourth-order valence-corrected chi connectivity index (χ4v) is 1.95. The quantitative estimate of drug-likeness (QED) is 0.853. The molecule has 0 radical (unpaired) electrons. The van der Waals surface area contributed by atoms with Crippen LogP contribution < -0.4 is 5.32 Å². The van der Waals surface area contributed by atoms with Crippen LogP contribution >= 0.6 is 12.4 Å². The molecule has 0 spiro atoms. The molecule has 0 aliphatic rings. The third kappa shape index (κ3) is 5.09. The predicted molar refractivity (Wildman–Crippen MR) is 78.3 cm³/mol. The molecule has 0 saturated heterocycles. The highest BCUT2D eigenvalue weighted by Crippen LogP contribution is 2.11. The SMILES string of the molecule is CC(C)Cn1ccc(CNCc2ccnn2C(F)F)n1.Cl. The van der Waals surface area contributed by atoms with Gasteiger partial charge < -0.3 is 5.32 Å². The summed E-state index contributed by atoms with van der Waals surface area (Å²) < 4.78 is 27.8. The van der Waals surface area contributed by atoms with Crippen molar-refractivity contribution in [3.05, 3.63) is 35.9 Å². The van der Waals surface area contributed by atoms with Gasteiger partial charge in [-0.05, 0) is 18.1 Å². The monoisotopic (exact) mass is 319 g/mol. The minimum Gasteiger partial charge on any atom is -0.305 e. The van der Waals surface area contributed by atoms with Crippen LogP contribution in [-0.4, -0.2) is 19.6 Å². The number of hydrogen-bond acceptors (Lipinski definition) is 3. The molecule has 2 heterocycles. The van der Waals surface area contributed by atoms with Crippen LogP contribution in [0.1, 0.15) is 31.8 Å². The van der Waals surface area contributed by atoms with Crippen molar-refractivity contribution in [2.45, 2.75) is 40.0 Å². The molecule has 2 aromatic heterocycles. The van der Waals surface area contributed by atoms with Gasteiger partial charge >= 0.3 is 6.55 Å². The second-order valence-corrected chi connectivity index (χ2v) is 5.07. The molecule has 2 rings (SSSR count). The van der Waals surface area contributed by atoms with Crippen molar-refractivity contribution >= 4 is 12.4 Å². The molecule has 0 aromatic carbocycles. The van der Waals surface area contributed by atoms with Gasteiger partial charge in [-0.1, -0.05) is 13.8 Å². The lowest BCUT2D eigenvalue weighted by Crippen LogP contribution is -2.17. The molecule has 21 heavy (non-hydrogen) atoms. The third-order valence-corrected chi connectivity index (χ3v) is 2.80. The molecule has 118 valence electrons. The standard InChI is InChI=1S/C13H19F2N5.ClH/c1-10(2)9-19-6-4-11(18-19)7-16-8-12-3-5-17-20(12)13(14)15;/h3-6,10,13,16H,7-9H2,1-2H3;1H. The lowest BCUT2D eigenvalue weighted by atomic mass is 10.2. The van der Waals surface area contributed by atoms with E-state index in [4.69, 9.17) is 0 Å². The molecule has 0 saturated carbocycles. The zero-order valence-corrected chi connectivity index (χ0v) is 12.9. The summed E-state index contributed by atoms with van der Waals surface area (Å²) in [4.78, 5) is 0. The van der Waals surface area contributed by atoms with E-state index in [1.54, 1.807) is 6.07 Å². The molecule has 0 amide bonds. The number of nitrogens with zero attached hydrogens (tertiary/aromatic N) is 4. The first-order chi connectivity index (χ1) is 9.56. The van der Waals surface area contributed by atoms with Crippen LogP contribution in [0.15, 0.2) is 24.5 Å². The average molecular weight is 320 g/mol. The van der Waals surface area contributed by atoms with Gasteiger partial charge in [0.2, 0.25) is 0 Å². The van der Waals surface area contributed by atoms with Crippen LogP contribution in [0.4, 0.5) is 8.78 Å². The number of alkyl halides is 2. The molecule has 0 atom stereocenters. The van der Waals surface area contributed by atoms with Crippen LogP contribution in [-0.2, 0) is 19.6 Å². The van der Waals surface area contributed by atoms with E-state index in [0.29, 0.717) is 29.4 Å². The van der Waals surface area contributed by atoms with Gasteiger partial charge in [0.05, 0.1) is 11.4 Å². The van der Waals surface area contributed by atoms with Gasteiger partial charge in [0, 0.05) is 32.0 Å². The summed E-state index contributed by atoms with van der Waals surface area (Å²) in [6, 6.07) is 3.51. The van der Waals surface area contributed by atoms with Gasteiger partial charge in [0.25, 0.3) is 0 Å². The highest BCUT2D eigenvalue weighted by molar-refractivity contribution is 5.85. The molecule has 0 fully saturated rings. The van der Waals surface area contributed by atoms with Crippen molar-refractivity contribution < 1.29 is 8.78 Å². The van der Waals surface area contributed by atoms with Crippen molar-refractivity contribution in [3.8, 4) is 0 Å². The summed E-state index contributed by atoms with van der Waals surface area (Å²) in [7, 11) is 0. The first-order valence-corrected chi connectivity index (χ1v) is 6.60. The molecular formula is C13H20ClF2N5. The molecule has 5 nitrogen and oxygen atoms in total. The van der Waals surface area contributed by atoms with E-state index in [2.05, 4.69) is 29.4 Å². The Morgan fingerprint density at radius 2 is 2.00 bits per heavy atom. The van der Waals surface area contributed by atoms with Crippen molar-refractivity contribution in [1.29, 1.82) is 0 Å². The molecule has 0 unspecified atom stereocenters. The van der Waals surface area contributed by atoms with Crippen molar-refractivity contribution in [2.75, 3.05) is 0 Å². The highest BCUT2D eigenvalue weighted by Gasteiger charge is 2.11. The molecule has 0 bridgehead atoms. The highest BCUT2D eigenvalue weighted by atomic mass is 35.5. The maximum Gasteiger partial charge on any atom is 0.333 e. The fraction of sp³-hybridized carbons (Fsp3) is 0.538. The van der Waals surface area contributed by atoms with E-state index in [1.165, 1.54) is 6.20 Å². The van der Waals surface area contributed by atoms with Crippen LogP contribution in [0, 0.1) is 5.92 Å². The molecule has 0 aliphatic carbocycles. The first-order valence-electron chi connectivity index (χ1n) is 6.60. The fourth-order valence-electron chi connectivity index (χ4n) is 1.95. The Labute approximate surface area is 128 Å². The maximum absolute atomic E-state index is 12.6. The topological polar surface area (TPSA) is 47.7 Å². The molecule has 0 aliphatic heterocycles. The minimum absolute atomic E-state index is 0. The van der Waals surface area contributed by atoms with Crippen LogP contribution in [0.25, 0.3) is 0 Å². The normalized spacial score (nSPS) is 11.1. The molecular weight excluding hydrogens is 300 g/mol. The van der Waals surface area contributed by atoms with Gasteiger partial charge in [-0.3, -0.25) is 4.68 Å². The van der Waals surface area contributed by atoms with E-state index in [-0.39, 0.29) is 12.4 Å². The summed E-state index contributed by atoms with van der Waals surface area (Å²) >= 11 is 0. The number of halogens is 3. The van der Waals surface area contributed by atoms with Crippen molar-refractivity contribution in [3.63, 3.8) is 0 Å². The second-order valence-electron chi connectivity index (χ2n) is 5.07. The van der Waals surface area contributed by atoms with E-state index >= 15 is 0 Å². The van der Waals surface area contributed by atoms with Gasteiger partial charge in [-0.25, -0.2) is 4.68 Å². The Morgan fingerprint density at radius 1 is 1.24 bits per heavy atom. The second kappa shape index (κ2) is 8.09. The Balaban J connectivity index is 0.00000220. The summed E-state index contributed by atoms with van der Waals surface area (Å²) in [5.74, 6) is 0.538. The number of nitrogens with one attached hydrogen (secondary N) is 1. The Bertz CT molecular complexity index is 538. The van der Waals surface area contributed by atoms with Gasteiger partial charge in [0.1, 0.15) is 0 Å². The Kier molecular flexibility index (Phi) is 6.77. The summed E-state index contributed by atoms with van der Waals surface area (Å²) in [5.41, 5.74) is 1.36. The largest absolute Gasteiger partial charge is 0.333 e. The van der Waals surface area contributed by atoms with Gasteiger partial charge in [0.15, 0.2) is 0 Å². The summed E-state index contributed by atoms with van der Waals surface area (Å²) in [6.45, 7) is 3.40. The zero-order valence-electron chi connectivity index (χ0n) is 12.0. The van der Waals surface area contributed by atoms with Gasteiger partial charge in [-0.2, -0.15) is 19.0 Å². The average Bonchev–Trinajstić information content (AvgIpc) is 2.98. The Hall–Kier alpha value is -1.47. The van der Waals surface area contributed by atoms with Crippen LogP contribution in [0.5, 0.6) is 0 Å². The van der Waals surface area contributed by atoms with Crippen molar-refractivity contribution in [2.24, 2.45) is 5.92 Å². The maximum atomic E-state index is 12.6. The Morgan fingerprint density at radius 3 is 2.67 bits per heavy atom. The lowest BCUT2D eigenvalue weighted by Gasteiger charge is -2.07. The van der Waals surface area contributed by atoms with E-state index in [9.17, 15) is 8.78 Å². The van der Waals surface area contributed by atoms with Crippen LogP contribution in [0.2, 0.25) is 0 Å². The number of rotatable bonds is 7. The van der Waals surface area contributed by atoms with E-state index in [1.807, 2.05) is 16.9 Å². The van der Waals surface area contributed by atoms with Crippen molar-refractivity contribution in [1.82, 2.24) is 24.9 Å². The van der Waals surface area contributed by atoms with E-state index in [0.717, 1.165) is 12.2 Å². The third-order valence-electron chi connectivity index (χ3n) is 2.80. The first kappa shape index (κ1) is 17.6. The van der Waals surface area contributed by atoms with Gasteiger partial charge in [-0.15, -0.1) is 12.4 Å². The summed E-state index contributed by atoms with van der Waals surface area (Å²) in [6.07, 6.45) is 3.31. The van der Waals surface area contributed by atoms with E-state index < -0.39 is 6.55 Å². The minimum atomic E-state index is -2.60.